The van der Waals surface area contributed by atoms with Gasteiger partial charge in [0.25, 0.3) is 0 Å². The molecule has 0 aliphatic rings. The molecule has 0 saturated heterocycles. The van der Waals surface area contributed by atoms with Crippen molar-refractivity contribution in [3.05, 3.63) is 65.6 Å². The Kier molecular flexibility index (Phi) is 7.83. The number of fused-ring (bicyclic) bond motifs is 1. The minimum absolute atomic E-state index is 0.0878. The Balaban J connectivity index is 1.98. The number of anilines is 3. The van der Waals surface area contributed by atoms with Crippen LogP contribution in [0.25, 0.3) is 10.9 Å². The highest BCUT2D eigenvalue weighted by molar-refractivity contribution is 6.31. The van der Waals surface area contributed by atoms with Gasteiger partial charge in [0, 0.05) is 24.1 Å². The molecule has 0 radical (unpaired) electrons. The molecule has 0 aliphatic carbocycles. The predicted molar refractivity (Wildman–Crippen MR) is 128 cm³/mol. The normalized spacial score (nSPS) is 11.1. The standard InChI is InChI=1S/C24H23ClFN5O2/c1-4-33-23-13-21-16(11-22(23)29-24(32)6-5-9-30(2)3)10-18(14-28-21)31(15-27)17-7-8-20(26)19(25)12-17/h5-8,10-14H,4,9H2,1-3H3,(H,29,32). The second kappa shape index (κ2) is 10.8. The molecule has 0 spiro atoms. The molecule has 2 aromatic carbocycles. The molecule has 1 heterocycles. The van der Waals surface area contributed by atoms with Crippen molar-refractivity contribution in [2.45, 2.75) is 6.92 Å². The van der Waals surface area contributed by atoms with Crippen molar-refractivity contribution in [2.75, 3.05) is 37.5 Å². The summed E-state index contributed by atoms with van der Waals surface area (Å²) < 4.78 is 19.2. The monoisotopic (exact) mass is 467 g/mol. The second-order valence-electron chi connectivity index (χ2n) is 7.36. The van der Waals surface area contributed by atoms with Gasteiger partial charge >= 0.3 is 0 Å². The number of halogens is 2. The number of pyridine rings is 1. The number of nitrogens with zero attached hydrogens (tertiary/aromatic N) is 4. The average Bonchev–Trinajstić information content (AvgIpc) is 2.77. The van der Waals surface area contributed by atoms with E-state index in [0.717, 1.165) is 0 Å². The van der Waals surface area contributed by atoms with Gasteiger partial charge in [-0.1, -0.05) is 17.7 Å². The van der Waals surface area contributed by atoms with E-state index in [1.54, 1.807) is 24.3 Å². The van der Waals surface area contributed by atoms with Gasteiger partial charge in [0.2, 0.25) is 5.91 Å². The van der Waals surface area contributed by atoms with E-state index in [2.05, 4.69) is 16.5 Å². The molecule has 0 atom stereocenters. The molecule has 0 fully saturated rings. The van der Waals surface area contributed by atoms with Crippen LogP contribution in [0.4, 0.5) is 21.5 Å². The number of benzene rings is 2. The summed E-state index contributed by atoms with van der Waals surface area (Å²) in [6.07, 6.45) is 6.81. The molecule has 0 bridgehead atoms. The van der Waals surface area contributed by atoms with Crippen LogP contribution in [0, 0.1) is 17.3 Å². The highest BCUT2D eigenvalue weighted by atomic mass is 35.5. The molecule has 0 unspecified atom stereocenters. The van der Waals surface area contributed by atoms with Crippen LogP contribution >= 0.6 is 11.6 Å². The van der Waals surface area contributed by atoms with Crippen LogP contribution in [0.1, 0.15) is 6.92 Å². The molecule has 3 rings (SSSR count). The summed E-state index contributed by atoms with van der Waals surface area (Å²) in [5, 5.41) is 13.1. The van der Waals surface area contributed by atoms with E-state index >= 15 is 0 Å². The Hall–Kier alpha value is -3.67. The lowest BCUT2D eigenvalue weighted by atomic mass is 10.1. The lowest BCUT2D eigenvalue weighted by Gasteiger charge is -2.17. The van der Waals surface area contributed by atoms with Gasteiger partial charge < -0.3 is 15.0 Å². The van der Waals surface area contributed by atoms with Gasteiger partial charge in [-0.05, 0) is 51.4 Å². The van der Waals surface area contributed by atoms with E-state index in [1.165, 1.54) is 35.4 Å². The third kappa shape index (κ3) is 5.98. The third-order valence-corrected chi connectivity index (χ3v) is 4.87. The van der Waals surface area contributed by atoms with Crippen molar-refractivity contribution >= 4 is 45.5 Å². The molecular formula is C24H23ClFN5O2. The Morgan fingerprint density at radius 3 is 2.73 bits per heavy atom. The van der Waals surface area contributed by atoms with E-state index in [-0.39, 0.29) is 10.9 Å². The van der Waals surface area contributed by atoms with E-state index in [1.807, 2.05) is 25.9 Å². The molecule has 1 N–H and O–H groups in total. The van der Waals surface area contributed by atoms with Gasteiger partial charge in [0.15, 0.2) is 6.19 Å². The first kappa shape index (κ1) is 24.0. The van der Waals surface area contributed by atoms with Gasteiger partial charge in [-0.15, -0.1) is 0 Å². The largest absolute Gasteiger partial charge is 0.492 e. The molecular weight excluding hydrogens is 445 g/mol. The minimum Gasteiger partial charge on any atom is -0.492 e. The zero-order valence-electron chi connectivity index (χ0n) is 18.5. The minimum atomic E-state index is -0.571. The van der Waals surface area contributed by atoms with Gasteiger partial charge in [-0.3, -0.25) is 9.78 Å². The summed E-state index contributed by atoms with van der Waals surface area (Å²) in [4.78, 5) is 20.0. The van der Waals surface area contributed by atoms with Gasteiger partial charge in [0.1, 0.15) is 11.6 Å². The molecule has 9 heteroatoms. The fraction of sp³-hybridized carbons (Fsp3) is 0.208. The number of nitrogens with one attached hydrogen (secondary N) is 1. The van der Waals surface area contributed by atoms with Gasteiger partial charge in [-0.25, -0.2) is 9.29 Å². The zero-order valence-corrected chi connectivity index (χ0v) is 19.2. The van der Waals surface area contributed by atoms with Crippen LogP contribution in [0.5, 0.6) is 5.75 Å². The molecule has 3 aromatic rings. The quantitative estimate of drug-likeness (QED) is 0.282. The summed E-state index contributed by atoms with van der Waals surface area (Å²) >= 11 is 5.88. The predicted octanol–water partition coefficient (Wildman–Crippen LogP) is 5.10. The molecule has 170 valence electrons. The number of hydrogen-bond donors (Lipinski definition) is 1. The van der Waals surface area contributed by atoms with Crippen LogP contribution in [0.2, 0.25) is 5.02 Å². The fourth-order valence-corrected chi connectivity index (χ4v) is 3.25. The van der Waals surface area contributed by atoms with Crippen LogP contribution < -0.4 is 15.0 Å². The van der Waals surface area contributed by atoms with E-state index in [4.69, 9.17) is 16.3 Å². The number of aromatic nitrogens is 1. The van der Waals surface area contributed by atoms with Gasteiger partial charge in [0.05, 0.1) is 40.4 Å². The van der Waals surface area contributed by atoms with Crippen molar-refractivity contribution in [1.82, 2.24) is 9.88 Å². The van der Waals surface area contributed by atoms with Crippen LogP contribution in [0.3, 0.4) is 0 Å². The van der Waals surface area contributed by atoms with Gasteiger partial charge in [-0.2, -0.15) is 5.26 Å². The summed E-state index contributed by atoms with van der Waals surface area (Å²) in [5.74, 6) is -0.374. The number of hydrogen-bond acceptors (Lipinski definition) is 6. The first-order valence-electron chi connectivity index (χ1n) is 10.2. The van der Waals surface area contributed by atoms with Crippen molar-refractivity contribution in [1.29, 1.82) is 5.26 Å². The Morgan fingerprint density at radius 1 is 1.27 bits per heavy atom. The molecule has 0 saturated carbocycles. The van der Waals surface area contributed by atoms with E-state index in [9.17, 15) is 14.4 Å². The van der Waals surface area contributed by atoms with Crippen molar-refractivity contribution in [3.8, 4) is 11.9 Å². The molecule has 33 heavy (non-hydrogen) atoms. The third-order valence-electron chi connectivity index (χ3n) is 4.59. The maximum Gasteiger partial charge on any atom is 0.248 e. The summed E-state index contributed by atoms with van der Waals surface area (Å²) in [5.41, 5.74) is 1.96. The second-order valence-corrected chi connectivity index (χ2v) is 7.76. The number of carbonyl (C=O) groups is 1. The maximum absolute atomic E-state index is 13.5. The van der Waals surface area contributed by atoms with E-state index in [0.29, 0.717) is 46.9 Å². The number of nitriles is 1. The number of likely N-dealkylation sites (N-methyl/N-ethyl adjacent to an activating group) is 1. The van der Waals surface area contributed by atoms with Crippen molar-refractivity contribution < 1.29 is 13.9 Å². The maximum atomic E-state index is 13.5. The molecule has 1 amide bonds. The van der Waals surface area contributed by atoms with Crippen LogP contribution in [-0.4, -0.2) is 43.0 Å². The number of amides is 1. The number of carbonyl (C=O) groups excluding carboxylic acids is 1. The lowest BCUT2D eigenvalue weighted by molar-refractivity contribution is -0.111. The molecule has 1 aromatic heterocycles. The Morgan fingerprint density at radius 2 is 2.06 bits per heavy atom. The summed E-state index contributed by atoms with van der Waals surface area (Å²) in [6.45, 7) is 2.90. The summed E-state index contributed by atoms with van der Waals surface area (Å²) in [6, 6.07) is 9.24. The number of ether oxygens (including phenoxy) is 1. The summed E-state index contributed by atoms with van der Waals surface area (Å²) in [7, 11) is 3.82. The molecule has 7 nitrogen and oxygen atoms in total. The van der Waals surface area contributed by atoms with Crippen LogP contribution in [0.15, 0.2) is 54.7 Å². The first-order chi connectivity index (χ1) is 15.8. The van der Waals surface area contributed by atoms with E-state index < -0.39 is 5.82 Å². The van der Waals surface area contributed by atoms with Crippen molar-refractivity contribution in [3.63, 3.8) is 0 Å². The molecule has 0 aliphatic heterocycles. The first-order valence-corrected chi connectivity index (χ1v) is 10.5. The Bertz CT molecular complexity index is 1240. The van der Waals surface area contributed by atoms with Crippen LogP contribution in [-0.2, 0) is 4.79 Å². The highest BCUT2D eigenvalue weighted by Gasteiger charge is 2.14. The van der Waals surface area contributed by atoms with Crippen molar-refractivity contribution in [2.24, 2.45) is 0 Å². The fourth-order valence-electron chi connectivity index (χ4n) is 3.07. The average molecular weight is 468 g/mol. The Labute approximate surface area is 196 Å². The number of rotatable bonds is 8. The SMILES string of the molecule is CCOc1cc2ncc(N(C#N)c3ccc(F)c(Cl)c3)cc2cc1NC(=O)C=CCN(C)C. The topological polar surface area (TPSA) is 81.5 Å². The lowest BCUT2D eigenvalue weighted by Crippen LogP contribution is -2.13. The highest BCUT2D eigenvalue weighted by Crippen LogP contribution is 2.34. The zero-order chi connectivity index (χ0) is 24.0. The smallest absolute Gasteiger partial charge is 0.248 e.